The van der Waals surface area contributed by atoms with E-state index in [0.717, 1.165) is 17.7 Å². The lowest BCUT2D eigenvalue weighted by Gasteiger charge is -2.13. The zero-order chi connectivity index (χ0) is 15.9. The first kappa shape index (κ1) is 15.9. The number of hydrogen-bond donors (Lipinski definition) is 1. The van der Waals surface area contributed by atoms with E-state index in [9.17, 15) is 13.6 Å². The summed E-state index contributed by atoms with van der Waals surface area (Å²) in [6.45, 7) is 2.24. The van der Waals surface area contributed by atoms with Gasteiger partial charge < -0.3 is 10.1 Å². The van der Waals surface area contributed by atoms with Crippen LogP contribution in [0.3, 0.4) is 0 Å². The molecule has 1 N–H and O–H groups in total. The fourth-order valence-electron chi connectivity index (χ4n) is 1.93. The third kappa shape index (κ3) is 4.55. The van der Waals surface area contributed by atoms with Gasteiger partial charge in [-0.05, 0) is 23.6 Å². The average molecular weight is 305 g/mol. The van der Waals surface area contributed by atoms with Gasteiger partial charge >= 0.3 is 0 Å². The van der Waals surface area contributed by atoms with E-state index in [1.54, 1.807) is 0 Å². The minimum Gasteiger partial charge on any atom is -0.484 e. The maximum atomic E-state index is 13.0. The van der Waals surface area contributed by atoms with Gasteiger partial charge in [-0.25, -0.2) is 8.78 Å². The average Bonchev–Trinajstić information content (AvgIpc) is 2.54. The fourth-order valence-corrected chi connectivity index (χ4v) is 1.93. The highest BCUT2D eigenvalue weighted by molar-refractivity contribution is 5.77. The summed E-state index contributed by atoms with van der Waals surface area (Å²) in [5.41, 5.74) is 1.13. The summed E-state index contributed by atoms with van der Waals surface area (Å²) in [6.07, 6.45) is 0. The third-order valence-corrected chi connectivity index (χ3v) is 3.24. The molecule has 1 atom stereocenters. The second-order valence-electron chi connectivity index (χ2n) is 4.98. The lowest BCUT2D eigenvalue weighted by molar-refractivity contribution is -0.123. The smallest absolute Gasteiger partial charge is 0.257 e. The summed E-state index contributed by atoms with van der Waals surface area (Å²) in [5.74, 6) is -1.98. The number of carbonyl (C=O) groups excluding carboxylic acids is 1. The van der Waals surface area contributed by atoms with Crippen LogP contribution in [0.5, 0.6) is 5.75 Å². The third-order valence-electron chi connectivity index (χ3n) is 3.24. The van der Waals surface area contributed by atoms with Crippen LogP contribution in [-0.4, -0.2) is 19.1 Å². The van der Waals surface area contributed by atoms with Crippen molar-refractivity contribution in [3.8, 4) is 5.75 Å². The molecule has 0 saturated heterocycles. The van der Waals surface area contributed by atoms with E-state index in [2.05, 4.69) is 5.32 Å². The van der Waals surface area contributed by atoms with Crippen molar-refractivity contribution < 1.29 is 18.3 Å². The molecule has 2 aromatic carbocycles. The number of ether oxygens (including phenoxy) is 1. The highest BCUT2D eigenvalue weighted by Gasteiger charge is 2.09. The molecule has 5 heteroatoms. The van der Waals surface area contributed by atoms with Crippen molar-refractivity contribution in [1.29, 1.82) is 0 Å². The second kappa shape index (κ2) is 7.54. The normalized spacial score (nSPS) is 11.8. The predicted molar refractivity (Wildman–Crippen MR) is 79.7 cm³/mol. The molecule has 0 aliphatic heterocycles. The molecular formula is C17H17F2NO2. The van der Waals surface area contributed by atoms with Gasteiger partial charge in [0, 0.05) is 12.6 Å². The van der Waals surface area contributed by atoms with Gasteiger partial charge in [-0.15, -0.1) is 0 Å². The first-order valence-corrected chi connectivity index (χ1v) is 6.95. The molecule has 0 aliphatic carbocycles. The van der Waals surface area contributed by atoms with Crippen molar-refractivity contribution in [3.63, 3.8) is 0 Å². The highest BCUT2D eigenvalue weighted by atomic mass is 19.2. The van der Waals surface area contributed by atoms with E-state index in [-0.39, 0.29) is 24.2 Å². The highest BCUT2D eigenvalue weighted by Crippen LogP contribution is 2.15. The van der Waals surface area contributed by atoms with E-state index < -0.39 is 11.6 Å². The van der Waals surface area contributed by atoms with Gasteiger partial charge in [0.1, 0.15) is 5.75 Å². The zero-order valence-electron chi connectivity index (χ0n) is 12.2. The summed E-state index contributed by atoms with van der Waals surface area (Å²) < 4.78 is 30.9. The number of nitrogens with one attached hydrogen (secondary N) is 1. The molecule has 0 fully saturated rings. The monoisotopic (exact) mass is 305 g/mol. The van der Waals surface area contributed by atoms with E-state index in [1.807, 2.05) is 37.3 Å². The maximum Gasteiger partial charge on any atom is 0.257 e. The van der Waals surface area contributed by atoms with Crippen molar-refractivity contribution in [3.05, 3.63) is 65.7 Å². The first-order valence-electron chi connectivity index (χ1n) is 6.95. The van der Waals surface area contributed by atoms with E-state index in [1.165, 1.54) is 6.07 Å². The molecule has 2 rings (SSSR count). The molecule has 2 aromatic rings. The molecule has 0 radical (unpaired) electrons. The molecule has 116 valence electrons. The van der Waals surface area contributed by atoms with Crippen LogP contribution in [0.1, 0.15) is 18.4 Å². The number of halogens is 2. The Labute approximate surface area is 127 Å². The molecule has 0 saturated carbocycles. The molecule has 0 aliphatic rings. The molecule has 0 aromatic heterocycles. The van der Waals surface area contributed by atoms with Crippen LogP contribution in [0.15, 0.2) is 48.5 Å². The van der Waals surface area contributed by atoms with Gasteiger partial charge in [0.2, 0.25) is 0 Å². The summed E-state index contributed by atoms with van der Waals surface area (Å²) >= 11 is 0. The summed E-state index contributed by atoms with van der Waals surface area (Å²) in [4.78, 5) is 11.7. The van der Waals surface area contributed by atoms with Crippen LogP contribution in [-0.2, 0) is 4.79 Å². The number of hydrogen-bond acceptors (Lipinski definition) is 2. The van der Waals surface area contributed by atoms with Crippen molar-refractivity contribution in [2.75, 3.05) is 13.2 Å². The predicted octanol–water partition coefficient (Wildman–Crippen LogP) is 3.26. The van der Waals surface area contributed by atoms with Gasteiger partial charge in [0.05, 0.1) is 0 Å². The van der Waals surface area contributed by atoms with Crippen LogP contribution >= 0.6 is 0 Å². The fraction of sp³-hybridized carbons (Fsp3) is 0.235. The Morgan fingerprint density at radius 3 is 2.55 bits per heavy atom. The lowest BCUT2D eigenvalue weighted by Crippen LogP contribution is -2.31. The molecule has 0 bridgehead atoms. The number of benzene rings is 2. The van der Waals surface area contributed by atoms with Gasteiger partial charge in [-0.2, -0.15) is 0 Å². The Balaban J connectivity index is 1.77. The molecule has 0 heterocycles. The van der Waals surface area contributed by atoms with Crippen LogP contribution in [0.25, 0.3) is 0 Å². The molecule has 1 unspecified atom stereocenters. The second-order valence-corrected chi connectivity index (χ2v) is 4.98. The van der Waals surface area contributed by atoms with Crippen molar-refractivity contribution in [2.45, 2.75) is 12.8 Å². The number of carbonyl (C=O) groups is 1. The minimum absolute atomic E-state index is 0.116. The Morgan fingerprint density at radius 1 is 1.14 bits per heavy atom. The Hall–Kier alpha value is -2.43. The summed E-state index contributed by atoms with van der Waals surface area (Å²) in [6, 6.07) is 13.0. The Kier molecular flexibility index (Phi) is 5.47. The van der Waals surface area contributed by atoms with Crippen molar-refractivity contribution in [1.82, 2.24) is 5.32 Å². The van der Waals surface area contributed by atoms with Gasteiger partial charge in [-0.1, -0.05) is 37.3 Å². The van der Waals surface area contributed by atoms with E-state index >= 15 is 0 Å². The lowest BCUT2D eigenvalue weighted by atomic mass is 10.0. The Bertz CT molecular complexity index is 632. The SMILES string of the molecule is CC(CNC(=O)COc1ccc(F)c(F)c1)c1ccccc1. The maximum absolute atomic E-state index is 13.0. The standard InChI is InChI=1S/C17H17F2NO2/c1-12(13-5-3-2-4-6-13)10-20-17(21)11-22-14-7-8-15(18)16(19)9-14/h2-9,12H,10-11H2,1H3,(H,20,21). The van der Waals surface area contributed by atoms with Crippen molar-refractivity contribution in [2.24, 2.45) is 0 Å². The number of amides is 1. The zero-order valence-corrected chi connectivity index (χ0v) is 12.2. The van der Waals surface area contributed by atoms with E-state index in [4.69, 9.17) is 4.74 Å². The number of rotatable bonds is 6. The first-order chi connectivity index (χ1) is 10.6. The minimum atomic E-state index is -1.00. The topological polar surface area (TPSA) is 38.3 Å². The van der Waals surface area contributed by atoms with Gasteiger partial charge in [0.25, 0.3) is 5.91 Å². The summed E-state index contributed by atoms with van der Waals surface area (Å²) in [7, 11) is 0. The van der Waals surface area contributed by atoms with Gasteiger partial charge in [-0.3, -0.25) is 4.79 Å². The largest absolute Gasteiger partial charge is 0.484 e. The molecule has 0 spiro atoms. The van der Waals surface area contributed by atoms with Crippen LogP contribution in [0, 0.1) is 11.6 Å². The van der Waals surface area contributed by atoms with Crippen molar-refractivity contribution >= 4 is 5.91 Å². The van der Waals surface area contributed by atoms with E-state index in [0.29, 0.717) is 6.54 Å². The quantitative estimate of drug-likeness (QED) is 0.889. The molecule has 3 nitrogen and oxygen atoms in total. The van der Waals surface area contributed by atoms with Gasteiger partial charge in [0.15, 0.2) is 18.2 Å². The molecule has 1 amide bonds. The Morgan fingerprint density at radius 2 is 1.86 bits per heavy atom. The molecular weight excluding hydrogens is 288 g/mol. The summed E-state index contributed by atoms with van der Waals surface area (Å²) in [5, 5.41) is 2.75. The van der Waals surface area contributed by atoms with Crippen LogP contribution in [0.2, 0.25) is 0 Å². The van der Waals surface area contributed by atoms with Crippen LogP contribution < -0.4 is 10.1 Å². The van der Waals surface area contributed by atoms with Crippen LogP contribution in [0.4, 0.5) is 8.78 Å². The molecule has 22 heavy (non-hydrogen) atoms.